The number of ether oxygens (including phenoxy) is 2. The van der Waals surface area contributed by atoms with Crippen molar-refractivity contribution >= 4 is 23.1 Å². The van der Waals surface area contributed by atoms with Crippen molar-refractivity contribution in [3.05, 3.63) is 89.9 Å². The van der Waals surface area contributed by atoms with Gasteiger partial charge in [0.05, 0.1) is 18.7 Å². The topological polar surface area (TPSA) is 85.2 Å². The molecule has 1 fully saturated rings. The molecule has 0 saturated carbocycles. The molecule has 1 saturated heterocycles. The number of carbonyl (C=O) groups excluding carboxylic acids is 2. The van der Waals surface area contributed by atoms with E-state index >= 15 is 0 Å². The second-order valence-corrected chi connectivity index (χ2v) is 9.00. The number of pyridine rings is 1. The van der Waals surface area contributed by atoms with Crippen molar-refractivity contribution in [3.8, 4) is 11.5 Å². The Hall–Kier alpha value is -4.33. The third-order valence-corrected chi connectivity index (χ3v) is 6.30. The van der Waals surface area contributed by atoms with Gasteiger partial charge < -0.3 is 24.1 Å². The molecule has 2 aromatic heterocycles. The maximum atomic E-state index is 13.0. The zero-order valence-corrected chi connectivity index (χ0v) is 20.3. The van der Waals surface area contributed by atoms with Gasteiger partial charge >= 0.3 is 0 Å². The molecule has 0 radical (unpaired) electrons. The Kier molecular flexibility index (Phi) is 6.58. The quantitative estimate of drug-likeness (QED) is 0.405. The first-order valence-electron chi connectivity index (χ1n) is 11.9. The van der Waals surface area contributed by atoms with Crippen molar-refractivity contribution in [3.63, 3.8) is 0 Å². The van der Waals surface area contributed by atoms with Crippen LogP contribution in [-0.4, -0.2) is 39.8 Å². The van der Waals surface area contributed by atoms with E-state index in [0.717, 1.165) is 16.9 Å². The highest BCUT2D eigenvalue weighted by atomic mass is 16.5. The Bertz CT molecular complexity index is 1360. The van der Waals surface area contributed by atoms with Gasteiger partial charge in [-0.05, 0) is 36.8 Å². The number of carbonyl (C=O) groups is 2. The van der Waals surface area contributed by atoms with Gasteiger partial charge in [0.15, 0.2) is 11.5 Å². The molecule has 184 valence electrons. The minimum atomic E-state index is -0.410. The molecule has 1 aliphatic rings. The van der Waals surface area contributed by atoms with Crippen LogP contribution in [-0.2, 0) is 22.7 Å². The summed E-state index contributed by atoms with van der Waals surface area (Å²) in [5.74, 6) is 0.438. The van der Waals surface area contributed by atoms with Crippen LogP contribution in [0.2, 0.25) is 0 Å². The van der Waals surface area contributed by atoms with Crippen molar-refractivity contribution in [1.82, 2.24) is 14.3 Å². The van der Waals surface area contributed by atoms with Crippen LogP contribution in [0.3, 0.4) is 0 Å². The van der Waals surface area contributed by atoms with Gasteiger partial charge in [0, 0.05) is 43.7 Å². The molecule has 8 nitrogen and oxygen atoms in total. The van der Waals surface area contributed by atoms with Crippen molar-refractivity contribution in [1.29, 1.82) is 0 Å². The van der Waals surface area contributed by atoms with Crippen LogP contribution in [0.4, 0.5) is 5.69 Å². The number of hydrogen-bond donors (Lipinski definition) is 1. The van der Waals surface area contributed by atoms with Crippen molar-refractivity contribution in [2.75, 3.05) is 19.0 Å². The van der Waals surface area contributed by atoms with Gasteiger partial charge in [-0.2, -0.15) is 0 Å². The summed E-state index contributed by atoms with van der Waals surface area (Å²) < 4.78 is 13.3. The lowest BCUT2D eigenvalue weighted by Gasteiger charge is -2.17. The summed E-state index contributed by atoms with van der Waals surface area (Å²) >= 11 is 0. The fourth-order valence-corrected chi connectivity index (χ4v) is 4.33. The molecule has 8 heteroatoms. The van der Waals surface area contributed by atoms with E-state index in [1.165, 1.54) is 5.56 Å². The first-order chi connectivity index (χ1) is 17.5. The lowest BCUT2D eigenvalue weighted by Crippen LogP contribution is -2.28. The van der Waals surface area contributed by atoms with Crippen LogP contribution in [0.25, 0.3) is 5.65 Å². The zero-order chi connectivity index (χ0) is 25.1. The molecule has 1 atom stereocenters. The summed E-state index contributed by atoms with van der Waals surface area (Å²) in [7, 11) is 1.57. The Morgan fingerprint density at radius 2 is 1.94 bits per heavy atom. The molecule has 4 aromatic rings. The summed E-state index contributed by atoms with van der Waals surface area (Å²) in [5, 5.41) is 2.93. The second kappa shape index (κ2) is 10.1. The van der Waals surface area contributed by atoms with E-state index in [4.69, 9.17) is 9.47 Å². The second-order valence-electron chi connectivity index (χ2n) is 9.00. The minimum Gasteiger partial charge on any atom is -0.493 e. The molecule has 5 rings (SSSR count). The molecule has 1 N–H and O–H groups in total. The molecule has 0 aliphatic carbocycles. The Morgan fingerprint density at radius 1 is 1.11 bits per heavy atom. The number of imidazole rings is 1. The Balaban J connectivity index is 1.22. The first-order valence-corrected chi connectivity index (χ1v) is 11.9. The Labute approximate surface area is 209 Å². The van der Waals surface area contributed by atoms with Crippen molar-refractivity contribution < 1.29 is 19.1 Å². The van der Waals surface area contributed by atoms with Crippen LogP contribution in [0.1, 0.15) is 23.2 Å². The number of aryl methyl sites for hydroxylation is 1. The summed E-state index contributed by atoms with van der Waals surface area (Å²) in [4.78, 5) is 31.8. The third kappa shape index (κ3) is 5.17. The summed E-state index contributed by atoms with van der Waals surface area (Å²) in [6.45, 7) is 3.18. The fourth-order valence-electron chi connectivity index (χ4n) is 4.33. The highest BCUT2D eigenvalue weighted by molar-refractivity contribution is 5.97. The zero-order valence-electron chi connectivity index (χ0n) is 20.3. The van der Waals surface area contributed by atoms with E-state index in [1.807, 2.05) is 66.2 Å². The highest BCUT2D eigenvalue weighted by Crippen LogP contribution is 2.31. The Morgan fingerprint density at radius 3 is 2.72 bits per heavy atom. The van der Waals surface area contributed by atoms with E-state index in [1.54, 1.807) is 30.2 Å². The number of rotatable bonds is 8. The van der Waals surface area contributed by atoms with Gasteiger partial charge in [-0.3, -0.25) is 9.59 Å². The van der Waals surface area contributed by atoms with Crippen LogP contribution in [0.5, 0.6) is 11.5 Å². The van der Waals surface area contributed by atoms with E-state index in [2.05, 4.69) is 10.3 Å². The molecule has 1 aliphatic heterocycles. The summed E-state index contributed by atoms with van der Waals surface area (Å²) in [6, 6.07) is 19.1. The number of amides is 2. The number of hydrogen-bond acceptors (Lipinski definition) is 5. The minimum absolute atomic E-state index is 0.0121. The molecule has 2 amide bonds. The highest BCUT2D eigenvalue weighted by Gasteiger charge is 2.34. The van der Waals surface area contributed by atoms with E-state index in [9.17, 15) is 9.59 Å². The molecule has 0 bridgehead atoms. The maximum absolute atomic E-state index is 13.0. The smallest absolute Gasteiger partial charge is 0.229 e. The van der Waals surface area contributed by atoms with Crippen molar-refractivity contribution in [2.24, 2.45) is 5.92 Å². The van der Waals surface area contributed by atoms with Crippen molar-refractivity contribution in [2.45, 2.75) is 26.5 Å². The number of nitrogens with zero attached hydrogens (tertiary/aromatic N) is 3. The van der Waals surface area contributed by atoms with Gasteiger partial charge in [-0.25, -0.2) is 4.98 Å². The van der Waals surface area contributed by atoms with Gasteiger partial charge in [0.1, 0.15) is 12.3 Å². The normalized spacial score (nSPS) is 15.3. The molecule has 3 heterocycles. The number of fused-ring (bicyclic) bond motifs is 1. The lowest BCUT2D eigenvalue weighted by molar-refractivity contribution is -0.128. The number of aromatic nitrogens is 2. The van der Waals surface area contributed by atoms with Crippen LogP contribution in [0, 0.1) is 12.8 Å². The number of anilines is 1. The van der Waals surface area contributed by atoms with Gasteiger partial charge in [-0.15, -0.1) is 0 Å². The number of methoxy groups -OCH3 is 1. The van der Waals surface area contributed by atoms with Crippen LogP contribution < -0.4 is 14.8 Å². The first kappa shape index (κ1) is 23.4. The standard InChI is InChI=1S/C28H28N4O4/c1-19-6-8-20(9-7-19)15-32-16-21(13-27(32)33)28(34)30-22-10-11-24(35-2)25(14-22)36-18-23-17-31-12-4-3-5-26(31)29-23/h3-12,14,17,21H,13,15-16,18H2,1-2H3,(H,30,34). The monoisotopic (exact) mass is 484 g/mol. The van der Waals surface area contributed by atoms with Crippen LogP contribution in [0.15, 0.2) is 73.1 Å². The molecular formula is C28H28N4O4. The van der Waals surface area contributed by atoms with Gasteiger partial charge in [0.25, 0.3) is 0 Å². The molecule has 1 unspecified atom stereocenters. The average molecular weight is 485 g/mol. The molecule has 2 aromatic carbocycles. The van der Waals surface area contributed by atoms with Crippen LogP contribution >= 0.6 is 0 Å². The number of benzene rings is 2. The predicted octanol–water partition coefficient (Wildman–Crippen LogP) is 4.22. The molecule has 36 heavy (non-hydrogen) atoms. The van der Waals surface area contributed by atoms with E-state index in [0.29, 0.717) is 30.3 Å². The SMILES string of the molecule is COc1ccc(NC(=O)C2CC(=O)N(Cc3ccc(C)cc3)C2)cc1OCc1cn2ccccc2n1. The molecule has 0 spiro atoms. The van der Waals surface area contributed by atoms with Gasteiger partial charge in [-0.1, -0.05) is 35.9 Å². The van der Waals surface area contributed by atoms with E-state index in [-0.39, 0.29) is 24.8 Å². The lowest BCUT2D eigenvalue weighted by atomic mass is 10.1. The third-order valence-electron chi connectivity index (χ3n) is 6.30. The van der Waals surface area contributed by atoms with E-state index < -0.39 is 5.92 Å². The number of likely N-dealkylation sites (tertiary alicyclic amines) is 1. The summed E-state index contributed by atoms with van der Waals surface area (Å²) in [5.41, 5.74) is 4.42. The molecular weight excluding hydrogens is 456 g/mol. The fraction of sp³-hybridized carbons (Fsp3) is 0.250. The average Bonchev–Trinajstić information content (AvgIpc) is 3.47. The van der Waals surface area contributed by atoms with Gasteiger partial charge in [0.2, 0.25) is 11.8 Å². The summed E-state index contributed by atoms with van der Waals surface area (Å²) in [6.07, 6.45) is 4.04. The maximum Gasteiger partial charge on any atom is 0.229 e. The number of nitrogens with one attached hydrogen (secondary N) is 1. The largest absolute Gasteiger partial charge is 0.493 e. The predicted molar refractivity (Wildman–Crippen MR) is 136 cm³/mol.